The summed E-state index contributed by atoms with van der Waals surface area (Å²) < 4.78 is 27.3. The highest BCUT2D eigenvalue weighted by Gasteiger charge is 2.50. The molecular weight excluding hydrogens is 747 g/mol. The van der Waals surface area contributed by atoms with Gasteiger partial charge in [0.15, 0.2) is 0 Å². The topological polar surface area (TPSA) is 6.48 Å². The van der Waals surface area contributed by atoms with E-state index < -0.39 is 6.85 Å². The molecule has 2 heterocycles. The van der Waals surface area contributed by atoms with Crippen LogP contribution >= 0.6 is 0 Å². The second kappa shape index (κ2) is 12.4. The van der Waals surface area contributed by atoms with Gasteiger partial charge in [-0.25, -0.2) is 0 Å². The first-order chi connectivity index (χ1) is 30.2. The van der Waals surface area contributed by atoms with Crippen molar-refractivity contribution in [2.75, 3.05) is 9.80 Å². The van der Waals surface area contributed by atoms with Gasteiger partial charge >= 0.3 is 0 Å². The van der Waals surface area contributed by atoms with Crippen molar-refractivity contribution in [1.82, 2.24) is 0 Å². The first-order valence-electron chi connectivity index (χ1n) is 24.7. The number of nitrogens with zero attached hydrogens (tertiary/aromatic N) is 2. The van der Waals surface area contributed by atoms with Gasteiger partial charge in [-0.2, -0.15) is 0 Å². The second-order valence-corrected chi connectivity index (χ2v) is 23.9. The minimum atomic E-state index is -2.34. The third-order valence-electron chi connectivity index (χ3n) is 16.2. The molecule has 0 fully saturated rings. The van der Waals surface area contributed by atoms with Crippen LogP contribution in [0.5, 0.6) is 0 Å². The molecule has 0 amide bonds. The summed E-state index contributed by atoms with van der Waals surface area (Å²) in [4.78, 5) is 4.91. The number of hydrogen-bond acceptors (Lipinski definition) is 2. The lowest BCUT2D eigenvalue weighted by Gasteiger charge is -2.45. The van der Waals surface area contributed by atoms with Gasteiger partial charge in [0.25, 0.3) is 6.71 Å². The Bertz CT molecular complexity index is 3040. The fourth-order valence-electron chi connectivity index (χ4n) is 14.3. The molecule has 6 aromatic carbocycles. The predicted molar refractivity (Wildman–Crippen MR) is 267 cm³/mol. The molecule has 3 heteroatoms. The van der Waals surface area contributed by atoms with Gasteiger partial charge in [0, 0.05) is 38.2 Å². The van der Waals surface area contributed by atoms with Gasteiger partial charge in [-0.1, -0.05) is 144 Å². The molecule has 0 atom stereocenters. The van der Waals surface area contributed by atoms with E-state index >= 15 is 0 Å². The summed E-state index contributed by atoms with van der Waals surface area (Å²) in [5.41, 5.74) is 22.4. The maximum absolute atomic E-state index is 9.11. The van der Waals surface area contributed by atoms with Crippen molar-refractivity contribution in [2.24, 2.45) is 0 Å². The molecular formula is C59H65BN2. The highest BCUT2D eigenvalue weighted by Crippen LogP contribution is 2.56. The molecule has 0 unspecified atom stereocenters. The summed E-state index contributed by atoms with van der Waals surface area (Å²) in [6.07, 6.45) is 3.20. The average Bonchev–Trinajstić information content (AvgIpc) is 3.61. The summed E-state index contributed by atoms with van der Waals surface area (Å²) >= 11 is 0. The van der Waals surface area contributed by atoms with E-state index in [0.717, 1.165) is 58.8 Å². The first-order valence-corrected chi connectivity index (χ1v) is 23.2. The third kappa shape index (κ3) is 5.48. The van der Waals surface area contributed by atoms with Crippen LogP contribution in [0.3, 0.4) is 0 Å². The van der Waals surface area contributed by atoms with Crippen molar-refractivity contribution in [3.05, 3.63) is 148 Å². The van der Waals surface area contributed by atoms with Crippen LogP contribution in [-0.2, 0) is 32.5 Å². The van der Waals surface area contributed by atoms with Gasteiger partial charge in [0.05, 0.1) is 0 Å². The maximum Gasteiger partial charge on any atom is 0.252 e. The molecule has 6 aromatic rings. The SMILES string of the molecule is [2H]C([2H])([2H])c1cc2c3c(c1)N(c1cc4c(cc1C)C(C)(C)CC4(C)C)c1ccc(-c4ccccc4)cc1B3c1cc3c(cc1N2c1ccc2c(c1)C(C)(C)CC2(C)C)C(C)(C)CC3(C)C. The Labute approximate surface area is 377 Å². The average molecular weight is 816 g/mol. The maximum atomic E-state index is 9.11. The third-order valence-corrected chi connectivity index (χ3v) is 16.2. The van der Waals surface area contributed by atoms with E-state index in [1.54, 1.807) is 0 Å². The number of aryl methyl sites for hydroxylation is 2. The smallest absolute Gasteiger partial charge is 0.252 e. The lowest BCUT2D eigenvalue weighted by atomic mass is 9.33. The van der Waals surface area contributed by atoms with Gasteiger partial charge in [0.1, 0.15) is 0 Å². The molecule has 0 saturated heterocycles. The minimum absolute atomic E-state index is 0.0169. The highest BCUT2D eigenvalue weighted by atomic mass is 15.2. The largest absolute Gasteiger partial charge is 0.311 e. The Morgan fingerprint density at radius 2 is 0.952 bits per heavy atom. The van der Waals surface area contributed by atoms with E-state index in [2.05, 4.69) is 191 Å². The van der Waals surface area contributed by atoms with Crippen LogP contribution < -0.4 is 26.2 Å². The molecule has 0 radical (unpaired) electrons. The fraction of sp³-hybridized carbons (Fsp3) is 0.390. The number of fused-ring (bicyclic) bond motifs is 7. The quantitative estimate of drug-likeness (QED) is 0.164. The zero-order chi connectivity index (χ0) is 46.3. The molecule has 0 spiro atoms. The lowest BCUT2D eigenvalue weighted by Crippen LogP contribution is -2.61. The van der Waals surface area contributed by atoms with Crippen LogP contribution in [-0.4, -0.2) is 6.71 Å². The van der Waals surface area contributed by atoms with E-state index in [0.29, 0.717) is 5.56 Å². The van der Waals surface area contributed by atoms with Crippen LogP contribution in [0.4, 0.5) is 34.1 Å². The summed E-state index contributed by atoms with van der Waals surface area (Å²) in [7, 11) is 0. The molecule has 3 aliphatic carbocycles. The van der Waals surface area contributed by atoms with Crippen LogP contribution in [0.2, 0.25) is 0 Å². The van der Waals surface area contributed by atoms with Crippen LogP contribution in [0, 0.1) is 13.8 Å². The standard InChI is InChI=1S/C59H65BN2/c1-35-24-51-53-52(25-35)62(49-30-44-41(26-36(49)2)55(5,6)33-58(44,11)12)48-23-20-38(37-18-16-15-17-19-37)27-46(48)60(53)47-29-43-45(59(13,14)34-57(43,9)10)31-50(47)61(51)39-21-22-40-42(28-39)56(7,8)32-54(40,3)4/h15-31H,32-34H2,1-14H3/i1D3. The summed E-state index contributed by atoms with van der Waals surface area (Å²) in [6.45, 7) is 28.5. The monoisotopic (exact) mass is 816 g/mol. The molecule has 62 heavy (non-hydrogen) atoms. The van der Waals surface area contributed by atoms with Crippen molar-refractivity contribution in [2.45, 2.75) is 149 Å². The zero-order valence-electron chi connectivity index (χ0n) is 42.4. The Kier molecular flexibility index (Phi) is 7.27. The molecule has 2 nitrogen and oxygen atoms in total. The summed E-state index contributed by atoms with van der Waals surface area (Å²) in [6, 6.07) is 39.0. The van der Waals surface area contributed by atoms with Crippen molar-refractivity contribution in [3.8, 4) is 11.1 Å². The van der Waals surface area contributed by atoms with Gasteiger partial charge in [-0.15, -0.1) is 0 Å². The molecule has 11 rings (SSSR count). The van der Waals surface area contributed by atoms with Crippen molar-refractivity contribution < 1.29 is 4.11 Å². The normalized spacial score (nSPS) is 21.5. The predicted octanol–water partition coefficient (Wildman–Crippen LogP) is 13.9. The van der Waals surface area contributed by atoms with Gasteiger partial charge in [-0.3, -0.25) is 0 Å². The van der Waals surface area contributed by atoms with E-state index in [1.807, 2.05) is 12.1 Å². The Hall–Kier alpha value is -5.02. The first kappa shape index (κ1) is 36.5. The summed E-state index contributed by atoms with van der Waals surface area (Å²) in [5.74, 6) is 0. The lowest BCUT2D eigenvalue weighted by molar-refractivity contribution is 0.402. The van der Waals surface area contributed by atoms with Crippen molar-refractivity contribution in [1.29, 1.82) is 0 Å². The van der Waals surface area contributed by atoms with Gasteiger partial charge < -0.3 is 9.80 Å². The molecule has 314 valence electrons. The Morgan fingerprint density at radius 1 is 0.435 bits per heavy atom. The molecule has 0 aromatic heterocycles. The van der Waals surface area contributed by atoms with Crippen LogP contribution in [0.25, 0.3) is 11.1 Å². The van der Waals surface area contributed by atoms with Crippen LogP contribution in [0.15, 0.2) is 103 Å². The summed E-state index contributed by atoms with van der Waals surface area (Å²) in [5, 5.41) is 0. The highest BCUT2D eigenvalue weighted by molar-refractivity contribution is 7.00. The number of benzene rings is 6. The minimum Gasteiger partial charge on any atom is -0.311 e. The number of hydrogen-bond donors (Lipinski definition) is 0. The molecule has 2 aliphatic heterocycles. The van der Waals surface area contributed by atoms with Crippen molar-refractivity contribution in [3.63, 3.8) is 0 Å². The van der Waals surface area contributed by atoms with Crippen molar-refractivity contribution >= 4 is 57.2 Å². The van der Waals surface area contributed by atoms with E-state index in [1.165, 1.54) is 61.0 Å². The Morgan fingerprint density at radius 3 is 1.56 bits per heavy atom. The zero-order valence-corrected chi connectivity index (χ0v) is 39.4. The van der Waals surface area contributed by atoms with Crippen LogP contribution in [0.1, 0.15) is 151 Å². The number of rotatable bonds is 3. The van der Waals surface area contributed by atoms with E-state index in [-0.39, 0.29) is 39.2 Å². The molecule has 0 bridgehead atoms. The van der Waals surface area contributed by atoms with Gasteiger partial charge in [0.2, 0.25) is 0 Å². The van der Waals surface area contributed by atoms with E-state index in [4.69, 9.17) is 4.11 Å². The second-order valence-electron chi connectivity index (χ2n) is 23.9. The van der Waals surface area contributed by atoms with E-state index in [9.17, 15) is 0 Å². The molecule has 0 N–H and O–H groups in total. The fourth-order valence-corrected chi connectivity index (χ4v) is 14.3. The Balaban J connectivity index is 1.28. The number of anilines is 6. The molecule has 0 saturated carbocycles. The van der Waals surface area contributed by atoms with Gasteiger partial charge in [-0.05, 0) is 180 Å². The molecule has 5 aliphatic rings.